The molecule has 0 spiro atoms. The van der Waals surface area contributed by atoms with Crippen molar-refractivity contribution in [2.24, 2.45) is 0 Å². The number of hydrogen-bond acceptors (Lipinski definition) is 3. The number of benzene rings is 2. The molecule has 1 fully saturated rings. The summed E-state index contributed by atoms with van der Waals surface area (Å²) in [7, 11) is 0. The number of likely N-dealkylation sites (tertiary alicyclic amines) is 1. The Balaban J connectivity index is 1.80. The van der Waals surface area contributed by atoms with E-state index in [4.69, 9.17) is 4.74 Å². The molecule has 1 aliphatic heterocycles. The molecule has 1 unspecified atom stereocenters. The number of carboxylic acid groups (broad SMARTS) is 1. The largest absolute Gasteiger partial charge is 0.527 e. The van der Waals surface area contributed by atoms with Crippen molar-refractivity contribution in [2.45, 2.75) is 26.0 Å². The van der Waals surface area contributed by atoms with E-state index in [9.17, 15) is 19.1 Å². The quantitative estimate of drug-likeness (QED) is 0.786. The second-order valence-corrected chi connectivity index (χ2v) is 6.76. The van der Waals surface area contributed by atoms with E-state index in [1.54, 1.807) is 19.1 Å². The molecular weight excluding hydrogens is 349 g/mol. The lowest BCUT2D eigenvalue weighted by Crippen LogP contribution is -2.58. The minimum Gasteiger partial charge on any atom is -0.435 e. The molecule has 2 aromatic rings. The first-order chi connectivity index (χ1) is 12.9. The highest BCUT2D eigenvalue weighted by Gasteiger charge is 2.56. The molecule has 1 aliphatic rings. The fourth-order valence-corrected chi connectivity index (χ4v) is 3.39. The van der Waals surface area contributed by atoms with E-state index in [1.165, 1.54) is 12.1 Å². The van der Waals surface area contributed by atoms with Gasteiger partial charge in [-0.1, -0.05) is 42.5 Å². The van der Waals surface area contributed by atoms with Crippen molar-refractivity contribution in [2.75, 3.05) is 6.54 Å². The second-order valence-electron chi connectivity index (χ2n) is 6.76. The minimum atomic E-state index is -1.23. The third-order valence-electron chi connectivity index (χ3n) is 4.88. The van der Waals surface area contributed by atoms with E-state index in [0.29, 0.717) is 6.42 Å². The fourth-order valence-electron chi connectivity index (χ4n) is 3.39. The predicted octanol–water partition coefficient (Wildman–Crippen LogP) is 4.83. The van der Waals surface area contributed by atoms with Crippen molar-refractivity contribution in [3.05, 3.63) is 77.1 Å². The van der Waals surface area contributed by atoms with Gasteiger partial charge in [-0.25, -0.2) is 4.39 Å². The molecule has 0 aromatic heterocycles. The number of nitrogens with zero attached hydrogens (tertiary/aromatic N) is 1. The molecule has 140 valence electrons. The van der Waals surface area contributed by atoms with Crippen LogP contribution in [0.1, 0.15) is 24.5 Å². The lowest BCUT2D eigenvalue weighted by molar-refractivity contribution is -0.793. The average Bonchev–Trinajstić information content (AvgIpc) is 2.99. The van der Waals surface area contributed by atoms with Gasteiger partial charge < -0.3 is 9.84 Å². The van der Waals surface area contributed by atoms with Crippen molar-refractivity contribution in [3.8, 4) is 0 Å². The zero-order valence-corrected chi connectivity index (χ0v) is 15.0. The van der Waals surface area contributed by atoms with Crippen LogP contribution in [0.4, 0.5) is 14.0 Å². The number of rotatable bonds is 3. The average molecular weight is 370 g/mol. The summed E-state index contributed by atoms with van der Waals surface area (Å²) in [5.74, 6) is -0.336. The van der Waals surface area contributed by atoms with Crippen LogP contribution in [-0.4, -0.2) is 34.4 Å². The van der Waals surface area contributed by atoms with Gasteiger partial charge >= 0.3 is 12.2 Å². The molecule has 1 N–H and O–H groups in total. The third-order valence-corrected chi connectivity index (χ3v) is 4.88. The Bertz CT molecular complexity index is 864. The first-order valence-electron chi connectivity index (χ1n) is 8.69. The molecule has 27 heavy (non-hydrogen) atoms. The van der Waals surface area contributed by atoms with Gasteiger partial charge in [-0.2, -0.15) is 9.59 Å². The lowest BCUT2D eigenvalue weighted by Gasteiger charge is -2.27. The summed E-state index contributed by atoms with van der Waals surface area (Å²) in [5, 5.41) is 9.82. The summed E-state index contributed by atoms with van der Waals surface area (Å²) in [6.07, 6.45) is 0.248. The maximum Gasteiger partial charge on any atom is 0.527 e. The molecule has 0 bridgehead atoms. The Morgan fingerprint density at radius 1 is 1.19 bits per heavy atom. The van der Waals surface area contributed by atoms with Crippen LogP contribution in [0.3, 0.4) is 0 Å². The molecule has 2 amide bonds. The summed E-state index contributed by atoms with van der Waals surface area (Å²) in [6, 6.07) is 14.6. The molecule has 0 saturated carbocycles. The van der Waals surface area contributed by atoms with Crippen LogP contribution in [0, 0.1) is 5.82 Å². The Labute approximate surface area is 156 Å². The van der Waals surface area contributed by atoms with Crippen molar-refractivity contribution < 1.29 is 28.3 Å². The second kappa shape index (κ2) is 7.72. The first-order valence-corrected chi connectivity index (χ1v) is 8.69. The van der Waals surface area contributed by atoms with Gasteiger partial charge in [0.1, 0.15) is 25.0 Å². The maximum atomic E-state index is 13.1. The van der Waals surface area contributed by atoms with Crippen LogP contribution in [0.2, 0.25) is 0 Å². The van der Waals surface area contributed by atoms with E-state index in [-0.39, 0.29) is 19.0 Å². The Morgan fingerprint density at radius 3 is 2.48 bits per heavy atom. The molecule has 1 heterocycles. The zero-order chi connectivity index (χ0) is 19.4. The zero-order valence-electron chi connectivity index (χ0n) is 15.0. The molecule has 2 aromatic carbocycles. The van der Waals surface area contributed by atoms with Crippen molar-refractivity contribution in [1.29, 1.82) is 0 Å². The number of hydrogen-bond donors (Lipinski definition) is 1. The third kappa shape index (κ3) is 3.90. The number of carbonyl (C=O) groups is 2. The first kappa shape index (κ1) is 18.8. The van der Waals surface area contributed by atoms with Crippen LogP contribution >= 0.6 is 0 Å². The SMILES string of the molecule is C[C@@H]1CC(=Cc2ccc(F)cc2)C[N+]1(C(=O)O)C(=O)OCc1ccccc1. The molecule has 5 nitrogen and oxygen atoms in total. The lowest BCUT2D eigenvalue weighted by atomic mass is 10.1. The number of halogens is 1. The fraction of sp³-hybridized carbons (Fsp3) is 0.238. The Hall–Kier alpha value is -2.99. The number of imide groups is 1. The summed E-state index contributed by atoms with van der Waals surface area (Å²) in [4.78, 5) is 24.8. The monoisotopic (exact) mass is 370 g/mol. The molecule has 6 heteroatoms. The number of amides is 2. The highest BCUT2D eigenvalue weighted by atomic mass is 19.1. The van der Waals surface area contributed by atoms with Crippen LogP contribution in [0.15, 0.2) is 60.2 Å². The van der Waals surface area contributed by atoms with Crippen molar-refractivity contribution >= 4 is 18.3 Å². The van der Waals surface area contributed by atoms with E-state index < -0.39 is 22.7 Å². The Kier molecular flexibility index (Phi) is 5.37. The Morgan fingerprint density at radius 2 is 1.85 bits per heavy atom. The highest BCUT2D eigenvalue weighted by molar-refractivity contribution is 5.77. The summed E-state index contributed by atoms with van der Waals surface area (Å²) in [6.45, 7) is 1.78. The van der Waals surface area contributed by atoms with Crippen LogP contribution < -0.4 is 0 Å². The smallest absolute Gasteiger partial charge is 0.435 e. The molecular formula is C21H21FNO4+. The van der Waals surface area contributed by atoms with E-state index >= 15 is 0 Å². The summed E-state index contributed by atoms with van der Waals surface area (Å²) in [5.41, 5.74) is 2.37. The maximum absolute atomic E-state index is 13.1. The van der Waals surface area contributed by atoms with E-state index in [1.807, 2.05) is 36.4 Å². The molecule has 0 radical (unpaired) electrons. The molecule has 3 rings (SSSR count). The number of quaternary nitrogens is 1. The van der Waals surface area contributed by atoms with Crippen LogP contribution in [0.5, 0.6) is 0 Å². The number of carbonyl (C=O) groups excluding carboxylic acids is 1. The van der Waals surface area contributed by atoms with Gasteiger partial charge in [0.2, 0.25) is 0 Å². The normalized spacial score (nSPS) is 23.3. The van der Waals surface area contributed by atoms with Gasteiger partial charge in [-0.05, 0) is 41.8 Å². The van der Waals surface area contributed by atoms with Crippen molar-refractivity contribution in [1.82, 2.24) is 0 Å². The molecule has 2 atom stereocenters. The molecule has 0 aliphatic carbocycles. The highest BCUT2D eigenvalue weighted by Crippen LogP contribution is 2.34. The topological polar surface area (TPSA) is 63.6 Å². The van der Waals surface area contributed by atoms with Gasteiger partial charge in [0.15, 0.2) is 0 Å². The van der Waals surface area contributed by atoms with Crippen LogP contribution in [-0.2, 0) is 11.3 Å². The van der Waals surface area contributed by atoms with E-state index in [0.717, 1.165) is 16.7 Å². The summed E-state index contributed by atoms with van der Waals surface area (Å²) < 4.78 is 17.6. The van der Waals surface area contributed by atoms with Gasteiger partial charge in [-0.3, -0.25) is 0 Å². The van der Waals surface area contributed by atoms with Gasteiger partial charge in [0, 0.05) is 6.42 Å². The van der Waals surface area contributed by atoms with E-state index in [2.05, 4.69) is 0 Å². The standard InChI is InChI=1S/C21H20FNO4/c1-15-11-18(12-16-7-9-19(22)10-8-16)13-23(15,20(24)25)21(26)27-14-17-5-3-2-4-6-17/h2-10,12,15H,11,13-14H2,1H3/p+1/t15-,23?/m1/s1. The van der Waals surface area contributed by atoms with Gasteiger partial charge in [0.05, 0.1) is 0 Å². The number of ether oxygens (including phenoxy) is 1. The van der Waals surface area contributed by atoms with Crippen LogP contribution in [0.25, 0.3) is 6.08 Å². The minimum absolute atomic E-state index is 0.0245. The predicted molar refractivity (Wildman–Crippen MR) is 98.2 cm³/mol. The van der Waals surface area contributed by atoms with Gasteiger partial charge in [0.25, 0.3) is 0 Å². The van der Waals surface area contributed by atoms with Gasteiger partial charge in [-0.15, -0.1) is 4.48 Å². The van der Waals surface area contributed by atoms with Crippen molar-refractivity contribution in [3.63, 3.8) is 0 Å². The summed E-state index contributed by atoms with van der Waals surface area (Å²) >= 11 is 0. The molecule has 1 saturated heterocycles.